The van der Waals surface area contributed by atoms with Gasteiger partial charge in [0.05, 0.1) is 14.2 Å². The normalized spacial score (nSPS) is 11.7. The topological polar surface area (TPSA) is 76.7 Å². The number of carbonyl (C=O) groups is 2. The van der Waals surface area contributed by atoms with Crippen LogP contribution < -0.4 is 20.1 Å². The third-order valence-corrected chi connectivity index (χ3v) is 4.14. The van der Waals surface area contributed by atoms with Gasteiger partial charge in [-0.05, 0) is 42.7 Å². The van der Waals surface area contributed by atoms with Gasteiger partial charge in [-0.15, -0.1) is 0 Å². The highest BCUT2D eigenvalue weighted by Gasteiger charge is 2.14. The van der Waals surface area contributed by atoms with E-state index in [9.17, 15) is 9.59 Å². The van der Waals surface area contributed by atoms with Crippen molar-refractivity contribution in [3.8, 4) is 11.5 Å². The van der Waals surface area contributed by atoms with Crippen molar-refractivity contribution in [3.63, 3.8) is 0 Å². The van der Waals surface area contributed by atoms with Crippen molar-refractivity contribution in [2.24, 2.45) is 0 Å². The molecule has 0 aliphatic rings. The van der Waals surface area contributed by atoms with Crippen molar-refractivity contribution < 1.29 is 19.1 Å². The van der Waals surface area contributed by atoms with Crippen LogP contribution in [0.2, 0.25) is 0 Å². The summed E-state index contributed by atoms with van der Waals surface area (Å²) >= 11 is 0. The van der Waals surface area contributed by atoms with Gasteiger partial charge in [-0.1, -0.05) is 36.4 Å². The standard InChI is InChI=1S/C22H26N2O4/c1-16(24-21(25)12-10-17-7-5-4-6-8-17)22(26)23-14-13-18-9-11-19(27-2)20(15-18)28-3/h4-12,15-16H,13-14H2,1-3H3,(H,23,26)(H,24,25)/b12-10+. The maximum absolute atomic E-state index is 12.2. The van der Waals surface area contributed by atoms with Crippen LogP contribution in [-0.2, 0) is 16.0 Å². The predicted molar refractivity (Wildman–Crippen MR) is 109 cm³/mol. The number of carbonyl (C=O) groups excluding carboxylic acids is 2. The third kappa shape index (κ3) is 6.46. The molecule has 0 aliphatic heterocycles. The van der Waals surface area contributed by atoms with E-state index in [1.54, 1.807) is 27.2 Å². The molecule has 0 aliphatic carbocycles. The molecule has 2 rings (SSSR count). The first-order chi connectivity index (χ1) is 13.5. The SMILES string of the molecule is COc1ccc(CCNC(=O)C(C)NC(=O)/C=C/c2ccccc2)cc1OC. The molecule has 0 heterocycles. The molecule has 6 nitrogen and oxygen atoms in total. The molecule has 2 aromatic carbocycles. The molecule has 0 saturated heterocycles. The number of rotatable bonds is 9. The summed E-state index contributed by atoms with van der Waals surface area (Å²) < 4.78 is 10.5. The van der Waals surface area contributed by atoms with Crippen molar-refractivity contribution >= 4 is 17.9 Å². The summed E-state index contributed by atoms with van der Waals surface area (Å²) in [6.07, 6.45) is 3.76. The summed E-state index contributed by atoms with van der Waals surface area (Å²) in [4.78, 5) is 24.1. The minimum absolute atomic E-state index is 0.234. The largest absolute Gasteiger partial charge is 0.493 e. The van der Waals surface area contributed by atoms with Crippen LogP contribution in [0.25, 0.3) is 6.08 Å². The van der Waals surface area contributed by atoms with Crippen molar-refractivity contribution in [2.45, 2.75) is 19.4 Å². The van der Waals surface area contributed by atoms with Gasteiger partial charge in [0.25, 0.3) is 0 Å². The number of methoxy groups -OCH3 is 2. The van der Waals surface area contributed by atoms with E-state index < -0.39 is 6.04 Å². The molecular formula is C22H26N2O4. The van der Waals surface area contributed by atoms with Crippen LogP contribution in [0.3, 0.4) is 0 Å². The molecule has 2 N–H and O–H groups in total. The molecule has 1 atom stereocenters. The van der Waals surface area contributed by atoms with Gasteiger partial charge < -0.3 is 20.1 Å². The van der Waals surface area contributed by atoms with Crippen LogP contribution in [0.5, 0.6) is 11.5 Å². The Morgan fingerprint density at radius 2 is 1.75 bits per heavy atom. The first kappa shape index (κ1) is 21.0. The Kier molecular flexibility index (Phi) is 8.09. The van der Waals surface area contributed by atoms with E-state index in [-0.39, 0.29) is 11.8 Å². The van der Waals surface area contributed by atoms with Gasteiger partial charge in [-0.25, -0.2) is 0 Å². The van der Waals surface area contributed by atoms with Crippen molar-refractivity contribution in [2.75, 3.05) is 20.8 Å². The van der Waals surface area contributed by atoms with Gasteiger partial charge in [-0.3, -0.25) is 9.59 Å². The molecule has 2 amide bonds. The van der Waals surface area contributed by atoms with E-state index in [2.05, 4.69) is 10.6 Å². The number of nitrogens with one attached hydrogen (secondary N) is 2. The third-order valence-electron chi connectivity index (χ3n) is 4.14. The van der Waals surface area contributed by atoms with E-state index in [0.29, 0.717) is 24.5 Å². The summed E-state index contributed by atoms with van der Waals surface area (Å²) in [6, 6.07) is 14.5. The molecule has 148 valence electrons. The van der Waals surface area contributed by atoms with Gasteiger partial charge in [0.1, 0.15) is 6.04 Å². The highest BCUT2D eigenvalue weighted by Crippen LogP contribution is 2.27. The number of ether oxygens (including phenoxy) is 2. The summed E-state index contributed by atoms with van der Waals surface area (Å²) in [5, 5.41) is 5.48. The summed E-state index contributed by atoms with van der Waals surface area (Å²) in [6.45, 7) is 2.11. The van der Waals surface area contributed by atoms with Crippen LogP contribution in [0.4, 0.5) is 0 Å². The van der Waals surface area contributed by atoms with Crippen molar-refractivity contribution in [1.29, 1.82) is 0 Å². The number of benzene rings is 2. The van der Waals surface area contributed by atoms with E-state index in [4.69, 9.17) is 9.47 Å². The van der Waals surface area contributed by atoms with Gasteiger partial charge in [0, 0.05) is 12.6 Å². The molecule has 28 heavy (non-hydrogen) atoms. The molecular weight excluding hydrogens is 356 g/mol. The van der Waals surface area contributed by atoms with Gasteiger partial charge in [0.2, 0.25) is 11.8 Å². The maximum Gasteiger partial charge on any atom is 0.244 e. The fourth-order valence-electron chi connectivity index (χ4n) is 2.58. The molecule has 0 saturated carbocycles. The first-order valence-corrected chi connectivity index (χ1v) is 9.05. The Morgan fingerprint density at radius 3 is 2.43 bits per heavy atom. The number of hydrogen-bond donors (Lipinski definition) is 2. The minimum atomic E-state index is -0.627. The molecule has 1 unspecified atom stereocenters. The lowest BCUT2D eigenvalue weighted by atomic mass is 10.1. The van der Waals surface area contributed by atoms with E-state index in [1.807, 2.05) is 48.5 Å². The van der Waals surface area contributed by atoms with Crippen molar-refractivity contribution in [1.82, 2.24) is 10.6 Å². The smallest absolute Gasteiger partial charge is 0.244 e. The number of amides is 2. The Bertz CT molecular complexity index is 819. The predicted octanol–water partition coefficient (Wildman–Crippen LogP) is 2.58. The molecule has 0 bridgehead atoms. The van der Waals surface area contributed by atoms with E-state index in [0.717, 1.165) is 11.1 Å². The Hall–Kier alpha value is -3.28. The van der Waals surface area contributed by atoms with Crippen molar-refractivity contribution in [3.05, 3.63) is 65.7 Å². The summed E-state index contributed by atoms with van der Waals surface area (Å²) in [7, 11) is 3.17. The van der Waals surface area contributed by atoms with Gasteiger partial charge in [0.15, 0.2) is 11.5 Å². The molecule has 0 fully saturated rings. The van der Waals surface area contributed by atoms with Crippen LogP contribution >= 0.6 is 0 Å². The van der Waals surface area contributed by atoms with E-state index in [1.165, 1.54) is 6.08 Å². The van der Waals surface area contributed by atoms with Gasteiger partial charge >= 0.3 is 0 Å². The van der Waals surface area contributed by atoms with Crippen LogP contribution in [0.15, 0.2) is 54.6 Å². The summed E-state index contributed by atoms with van der Waals surface area (Å²) in [5.74, 6) is 0.765. The minimum Gasteiger partial charge on any atom is -0.493 e. The fraction of sp³-hybridized carbons (Fsp3) is 0.273. The second-order valence-electron chi connectivity index (χ2n) is 6.20. The first-order valence-electron chi connectivity index (χ1n) is 9.05. The zero-order chi connectivity index (χ0) is 20.4. The lowest BCUT2D eigenvalue weighted by Gasteiger charge is -2.13. The van der Waals surface area contributed by atoms with Gasteiger partial charge in [-0.2, -0.15) is 0 Å². The fourth-order valence-corrected chi connectivity index (χ4v) is 2.58. The lowest BCUT2D eigenvalue weighted by Crippen LogP contribution is -2.44. The second kappa shape index (κ2) is 10.8. The quantitative estimate of drug-likeness (QED) is 0.654. The number of hydrogen-bond acceptors (Lipinski definition) is 4. The zero-order valence-corrected chi connectivity index (χ0v) is 16.4. The Balaban J connectivity index is 1.78. The molecule has 0 radical (unpaired) electrons. The summed E-state index contributed by atoms with van der Waals surface area (Å²) in [5.41, 5.74) is 1.94. The zero-order valence-electron chi connectivity index (χ0n) is 16.4. The average molecular weight is 382 g/mol. The monoisotopic (exact) mass is 382 g/mol. The Labute approximate surface area is 165 Å². The average Bonchev–Trinajstić information content (AvgIpc) is 2.72. The van der Waals surface area contributed by atoms with Crippen LogP contribution in [0.1, 0.15) is 18.1 Å². The lowest BCUT2D eigenvalue weighted by molar-refractivity contribution is -0.126. The van der Waals surface area contributed by atoms with Crippen LogP contribution in [-0.4, -0.2) is 38.6 Å². The maximum atomic E-state index is 12.2. The highest BCUT2D eigenvalue weighted by molar-refractivity contribution is 5.95. The molecule has 0 aromatic heterocycles. The van der Waals surface area contributed by atoms with Crippen LogP contribution in [0, 0.1) is 0 Å². The second-order valence-corrected chi connectivity index (χ2v) is 6.20. The molecule has 0 spiro atoms. The Morgan fingerprint density at radius 1 is 1.04 bits per heavy atom. The molecule has 6 heteroatoms. The molecule has 2 aromatic rings. The van der Waals surface area contributed by atoms with E-state index >= 15 is 0 Å². The highest BCUT2D eigenvalue weighted by atomic mass is 16.5.